The first-order valence-corrected chi connectivity index (χ1v) is 6.05. The molecule has 0 aromatic carbocycles. The molecule has 3 nitrogen and oxygen atoms in total. The average molecular weight is 214 g/mol. The Labute approximate surface area is 93.9 Å². The monoisotopic (exact) mass is 214 g/mol. The number of nitrogens with zero attached hydrogens (tertiary/aromatic N) is 1. The van der Waals surface area contributed by atoms with Crippen molar-refractivity contribution in [1.29, 1.82) is 0 Å². The number of hydrogen-bond acceptors (Lipinski definition) is 3. The van der Waals surface area contributed by atoms with Gasteiger partial charge in [0.25, 0.3) is 0 Å². The van der Waals surface area contributed by atoms with Crippen LogP contribution in [0.2, 0.25) is 0 Å². The first-order chi connectivity index (χ1) is 6.97. The van der Waals surface area contributed by atoms with E-state index in [1.807, 2.05) is 0 Å². The Kier molecular flexibility index (Phi) is 4.56. The van der Waals surface area contributed by atoms with E-state index in [-0.39, 0.29) is 12.1 Å². The largest absolute Gasteiger partial charge is 0.396 e. The Bertz CT molecular complexity index is 190. The third kappa shape index (κ3) is 3.44. The molecule has 0 bridgehead atoms. The van der Waals surface area contributed by atoms with Crippen LogP contribution < -0.4 is 5.32 Å². The average Bonchev–Trinajstić information content (AvgIpc) is 2.10. The summed E-state index contributed by atoms with van der Waals surface area (Å²) in [5.41, 5.74) is 0.211. The number of nitrogens with one attached hydrogen (secondary N) is 1. The fourth-order valence-corrected chi connectivity index (χ4v) is 2.45. The predicted octanol–water partition coefficient (Wildman–Crippen LogP) is 1.08. The minimum atomic E-state index is 0.211. The topological polar surface area (TPSA) is 35.5 Å². The molecular formula is C12H26N2O. The Hall–Kier alpha value is -0.120. The van der Waals surface area contributed by atoms with Gasteiger partial charge in [0, 0.05) is 37.8 Å². The van der Waals surface area contributed by atoms with Gasteiger partial charge in [-0.25, -0.2) is 0 Å². The molecule has 90 valence electrons. The molecule has 0 aliphatic carbocycles. The van der Waals surface area contributed by atoms with E-state index in [0.29, 0.717) is 12.0 Å². The lowest BCUT2D eigenvalue weighted by Crippen LogP contribution is -2.63. The maximum absolute atomic E-state index is 9.09. The highest BCUT2D eigenvalue weighted by molar-refractivity contribution is 4.94. The van der Waals surface area contributed by atoms with Gasteiger partial charge in [-0.3, -0.25) is 4.90 Å². The number of piperazine rings is 1. The summed E-state index contributed by atoms with van der Waals surface area (Å²) >= 11 is 0. The quantitative estimate of drug-likeness (QED) is 0.735. The fraction of sp³-hybridized carbons (Fsp3) is 1.00. The molecule has 15 heavy (non-hydrogen) atoms. The molecule has 1 fully saturated rings. The Morgan fingerprint density at radius 2 is 2.13 bits per heavy atom. The Balaban J connectivity index is 2.68. The molecule has 3 heteroatoms. The van der Waals surface area contributed by atoms with E-state index >= 15 is 0 Å². The minimum absolute atomic E-state index is 0.211. The molecule has 1 unspecified atom stereocenters. The molecule has 0 aromatic rings. The van der Waals surface area contributed by atoms with Gasteiger partial charge >= 0.3 is 0 Å². The van der Waals surface area contributed by atoms with E-state index in [1.165, 1.54) is 0 Å². The molecule has 1 aliphatic rings. The molecule has 1 aliphatic heterocycles. The lowest BCUT2D eigenvalue weighted by molar-refractivity contribution is 0.0160. The van der Waals surface area contributed by atoms with Crippen molar-refractivity contribution in [2.45, 2.75) is 45.7 Å². The summed E-state index contributed by atoms with van der Waals surface area (Å²) in [4.78, 5) is 2.56. The SMILES string of the molecule is CC(C)CN1C(CCO)CNCC1(C)C. The number of aliphatic hydroxyl groups excluding tert-OH is 1. The van der Waals surface area contributed by atoms with Crippen LogP contribution in [0.1, 0.15) is 34.1 Å². The van der Waals surface area contributed by atoms with Crippen molar-refractivity contribution in [2.24, 2.45) is 5.92 Å². The zero-order chi connectivity index (χ0) is 11.5. The van der Waals surface area contributed by atoms with Crippen molar-refractivity contribution < 1.29 is 5.11 Å². The molecular weight excluding hydrogens is 188 g/mol. The van der Waals surface area contributed by atoms with Gasteiger partial charge < -0.3 is 10.4 Å². The second-order valence-corrected chi connectivity index (χ2v) is 5.66. The van der Waals surface area contributed by atoms with Crippen molar-refractivity contribution in [3.8, 4) is 0 Å². The summed E-state index contributed by atoms with van der Waals surface area (Å²) in [6, 6.07) is 0.487. The second-order valence-electron chi connectivity index (χ2n) is 5.66. The number of rotatable bonds is 4. The standard InChI is InChI=1S/C12H26N2O/c1-10(2)8-14-11(5-6-15)7-13-9-12(14,3)4/h10-11,13,15H,5-9H2,1-4H3. The molecule has 2 N–H and O–H groups in total. The minimum Gasteiger partial charge on any atom is -0.396 e. The molecule has 1 saturated heterocycles. The summed E-state index contributed by atoms with van der Waals surface area (Å²) < 4.78 is 0. The maximum atomic E-state index is 9.09. The third-order valence-corrected chi connectivity index (χ3v) is 3.18. The molecule has 1 rings (SSSR count). The smallest absolute Gasteiger partial charge is 0.0446 e. The Morgan fingerprint density at radius 3 is 2.67 bits per heavy atom. The van der Waals surface area contributed by atoms with Crippen molar-refractivity contribution in [1.82, 2.24) is 10.2 Å². The van der Waals surface area contributed by atoms with E-state index in [0.717, 1.165) is 26.1 Å². The number of aliphatic hydroxyl groups is 1. The van der Waals surface area contributed by atoms with E-state index in [1.54, 1.807) is 0 Å². The van der Waals surface area contributed by atoms with E-state index in [4.69, 9.17) is 5.11 Å². The molecule has 0 spiro atoms. The first kappa shape index (κ1) is 12.9. The highest BCUT2D eigenvalue weighted by atomic mass is 16.3. The fourth-order valence-electron chi connectivity index (χ4n) is 2.45. The van der Waals surface area contributed by atoms with Crippen LogP contribution in [-0.2, 0) is 0 Å². The van der Waals surface area contributed by atoms with Crippen LogP contribution >= 0.6 is 0 Å². The van der Waals surface area contributed by atoms with Crippen molar-refractivity contribution in [3.63, 3.8) is 0 Å². The highest BCUT2D eigenvalue weighted by Crippen LogP contribution is 2.23. The van der Waals surface area contributed by atoms with Gasteiger partial charge in [-0.05, 0) is 26.2 Å². The molecule has 0 amide bonds. The Morgan fingerprint density at radius 1 is 1.47 bits per heavy atom. The summed E-state index contributed by atoms with van der Waals surface area (Å²) in [5.74, 6) is 0.684. The van der Waals surface area contributed by atoms with Crippen LogP contribution in [0.15, 0.2) is 0 Å². The zero-order valence-electron chi connectivity index (χ0n) is 10.6. The number of hydrogen-bond donors (Lipinski definition) is 2. The van der Waals surface area contributed by atoms with Crippen LogP contribution in [0.25, 0.3) is 0 Å². The van der Waals surface area contributed by atoms with Crippen LogP contribution in [0.3, 0.4) is 0 Å². The van der Waals surface area contributed by atoms with Gasteiger partial charge in [-0.15, -0.1) is 0 Å². The van der Waals surface area contributed by atoms with Gasteiger partial charge in [0.15, 0.2) is 0 Å². The summed E-state index contributed by atoms with van der Waals surface area (Å²) in [6.45, 7) is 12.6. The summed E-state index contributed by atoms with van der Waals surface area (Å²) in [6.07, 6.45) is 0.878. The third-order valence-electron chi connectivity index (χ3n) is 3.18. The zero-order valence-corrected chi connectivity index (χ0v) is 10.6. The maximum Gasteiger partial charge on any atom is 0.0446 e. The molecule has 1 heterocycles. The molecule has 0 saturated carbocycles. The van der Waals surface area contributed by atoms with Crippen LogP contribution in [-0.4, -0.2) is 47.8 Å². The van der Waals surface area contributed by atoms with E-state index in [2.05, 4.69) is 37.9 Å². The van der Waals surface area contributed by atoms with Gasteiger partial charge in [-0.1, -0.05) is 13.8 Å². The molecule has 0 aromatic heterocycles. The summed E-state index contributed by atoms with van der Waals surface area (Å²) in [7, 11) is 0. The van der Waals surface area contributed by atoms with Gasteiger partial charge in [0.1, 0.15) is 0 Å². The first-order valence-electron chi connectivity index (χ1n) is 6.05. The molecule has 0 radical (unpaired) electrons. The van der Waals surface area contributed by atoms with Gasteiger partial charge in [0.05, 0.1) is 0 Å². The summed E-state index contributed by atoms with van der Waals surface area (Å²) in [5, 5.41) is 12.5. The lowest BCUT2D eigenvalue weighted by atomic mass is 9.93. The van der Waals surface area contributed by atoms with Gasteiger partial charge in [-0.2, -0.15) is 0 Å². The van der Waals surface area contributed by atoms with Crippen LogP contribution in [0.5, 0.6) is 0 Å². The molecule has 1 atom stereocenters. The predicted molar refractivity (Wildman–Crippen MR) is 64.0 cm³/mol. The van der Waals surface area contributed by atoms with Crippen molar-refractivity contribution in [3.05, 3.63) is 0 Å². The van der Waals surface area contributed by atoms with Crippen LogP contribution in [0.4, 0.5) is 0 Å². The van der Waals surface area contributed by atoms with E-state index in [9.17, 15) is 0 Å². The van der Waals surface area contributed by atoms with Gasteiger partial charge in [0.2, 0.25) is 0 Å². The van der Waals surface area contributed by atoms with Crippen molar-refractivity contribution >= 4 is 0 Å². The highest BCUT2D eigenvalue weighted by Gasteiger charge is 2.35. The van der Waals surface area contributed by atoms with Crippen molar-refractivity contribution in [2.75, 3.05) is 26.2 Å². The van der Waals surface area contributed by atoms with E-state index < -0.39 is 0 Å². The normalized spacial score (nSPS) is 27.2. The van der Waals surface area contributed by atoms with Crippen LogP contribution in [0, 0.1) is 5.92 Å². The second kappa shape index (κ2) is 5.28. The lowest BCUT2D eigenvalue weighted by Gasteiger charge is -2.49.